The van der Waals surface area contributed by atoms with Crippen molar-refractivity contribution in [1.29, 1.82) is 0 Å². The number of Topliss-reactive ketones (excluding diaryl/α,β-unsaturated/α-hetero) is 1. The van der Waals surface area contributed by atoms with Gasteiger partial charge < -0.3 is 10.0 Å². The van der Waals surface area contributed by atoms with E-state index in [0.29, 0.717) is 31.6 Å². The summed E-state index contributed by atoms with van der Waals surface area (Å²) < 4.78 is 0. The first kappa shape index (κ1) is 26.2. The smallest absolute Gasteiger partial charge is 0.330 e. The molecule has 38 heavy (non-hydrogen) atoms. The molecule has 1 aromatic heterocycles. The minimum Gasteiger partial charge on any atom is -0.479 e. The molecule has 1 fully saturated rings. The number of carboxylic acid groups (broad SMARTS) is 1. The Labute approximate surface area is 234 Å². The van der Waals surface area contributed by atoms with Crippen LogP contribution in [0.25, 0.3) is 0 Å². The van der Waals surface area contributed by atoms with E-state index in [4.69, 9.17) is 23.2 Å². The van der Waals surface area contributed by atoms with Crippen molar-refractivity contribution in [2.75, 3.05) is 0 Å². The largest absolute Gasteiger partial charge is 0.479 e. The van der Waals surface area contributed by atoms with Crippen molar-refractivity contribution in [2.45, 2.75) is 24.4 Å². The third kappa shape index (κ3) is 4.43. The summed E-state index contributed by atoms with van der Waals surface area (Å²) in [6.07, 6.45) is 0. The zero-order valence-electron chi connectivity index (χ0n) is 20.3. The second-order valence-electron chi connectivity index (χ2n) is 9.39. The lowest BCUT2D eigenvalue weighted by atomic mass is 9.72. The minimum absolute atomic E-state index is 0.226. The first-order valence-electron chi connectivity index (χ1n) is 11.9. The Kier molecular flexibility index (Phi) is 7.14. The predicted molar refractivity (Wildman–Crippen MR) is 149 cm³/mol. The number of halogens is 2. The van der Waals surface area contributed by atoms with Gasteiger partial charge in [-0.25, -0.2) is 4.79 Å². The van der Waals surface area contributed by atoms with Crippen LogP contribution in [0.5, 0.6) is 0 Å². The number of thiophene rings is 1. The molecule has 192 valence electrons. The zero-order chi connectivity index (χ0) is 27.0. The number of nitrogens with zero attached hydrogens (tertiary/aromatic N) is 1. The van der Waals surface area contributed by atoms with Crippen LogP contribution in [0.4, 0.5) is 0 Å². The lowest BCUT2D eigenvalue weighted by Gasteiger charge is -2.38. The number of benzene rings is 3. The van der Waals surface area contributed by atoms with Gasteiger partial charge in [-0.2, -0.15) is 0 Å². The molecule has 1 N–H and O–H groups in total. The highest BCUT2D eigenvalue weighted by molar-refractivity contribution is 7.12. The molecule has 1 aliphatic rings. The Bertz CT molecular complexity index is 1470. The molecule has 5 nitrogen and oxygen atoms in total. The summed E-state index contributed by atoms with van der Waals surface area (Å²) in [5, 5.41) is 13.6. The number of ketones is 1. The summed E-state index contributed by atoms with van der Waals surface area (Å²) in [6, 6.07) is 24.8. The summed E-state index contributed by atoms with van der Waals surface area (Å²) in [7, 11) is 0. The van der Waals surface area contributed by atoms with Crippen molar-refractivity contribution in [2.24, 2.45) is 5.92 Å². The highest BCUT2D eigenvalue weighted by Gasteiger charge is 2.65. The van der Waals surface area contributed by atoms with Gasteiger partial charge in [-0.05, 0) is 65.9 Å². The molecule has 4 unspecified atom stereocenters. The van der Waals surface area contributed by atoms with E-state index in [0.717, 1.165) is 0 Å². The Hall–Kier alpha value is -3.45. The maximum atomic E-state index is 14.3. The molecule has 8 heteroatoms. The van der Waals surface area contributed by atoms with E-state index in [9.17, 15) is 19.5 Å². The van der Waals surface area contributed by atoms with Gasteiger partial charge >= 0.3 is 5.97 Å². The molecular formula is C30H23Cl2NO4S. The normalized spacial score (nSPS) is 22.8. The third-order valence-corrected chi connectivity index (χ3v) is 8.65. The second kappa shape index (κ2) is 10.4. The fourth-order valence-electron chi connectivity index (χ4n) is 5.52. The number of carbonyl (C=O) groups is 3. The van der Waals surface area contributed by atoms with E-state index in [1.807, 2.05) is 0 Å². The number of carbonyl (C=O) groups excluding carboxylic acids is 2. The van der Waals surface area contributed by atoms with E-state index in [-0.39, 0.29) is 5.78 Å². The van der Waals surface area contributed by atoms with Crippen molar-refractivity contribution < 1.29 is 19.5 Å². The van der Waals surface area contributed by atoms with Crippen molar-refractivity contribution in [3.8, 4) is 0 Å². The summed E-state index contributed by atoms with van der Waals surface area (Å²) in [5.41, 5.74) is -0.213. The molecule has 3 aromatic carbocycles. The van der Waals surface area contributed by atoms with E-state index in [1.165, 1.54) is 23.2 Å². The molecule has 4 atom stereocenters. The molecule has 0 bridgehead atoms. The molecule has 0 aliphatic carbocycles. The second-order valence-corrected chi connectivity index (χ2v) is 11.2. The molecular weight excluding hydrogens is 541 g/mol. The fourth-order valence-corrected chi connectivity index (χ4v) is 6.49. The summed E-state index contributed by atoms with van der Waals surface area (Å²) in [6.45, 7) is 1.53. The number of hydrogen-bond acceptors (Lipinski definition) is 4. The number of aliphatic carboxylic acids is 1. The van der Waals surface area contributed by atoms with Crippen LogP contribution < -0.4 is 0 Å². The van der Waals surface area contributed by atoms with Gasteiger partial charge in [-0.3, -0.25) is 9.59 Å². The first-order chi connectivity index (χ1) is 18.2. The van der Waals surface area contributed by atoms with E-state index in [1.54, 1.807) is 96.4 Å². The Morgan fingerprint density at radius 3 is 1.92 bits per heavy atom. The quantitative estimate of drug-likeness (QED) is 0.248. The van der Waals surface area contributed by atoms with Gasteiger partial charge in [0.05, 0.1) is 16.8 Å². The standard InChI is InChI=1S/C30H23Cl2NO4S/c1-30(29(36)37)25(18-9-13-21(31)14-10-18)24(27(34)23-8-5-17-38-23)26(19-11-15-22(32)16-12-19)33(30)28(35)20-6-3-2-4-7-20/h2-17,24-26H,1H3,(H,36,37). The van der Waals surface area contributed by atoms with Gasteiger partial charge in [0.2, 0.25) is 0 Å². The van der Waals surface area contributed by atoms with Crippen LogP contribution in [-0.2, 0) is 4.79 Å². The van der Waals surface area contributed by atoms with Crippen molar-refractivity contribution in [1.82, 2.24) is 4.90 Å². The fraction of sp³-hybridized carbons (Fsp3) is 0.167. The molecule has 2 heterocycles. The Balaban J connectivity index is 1.82. The number of likely N-dealkylation sites (tertiary alicyclic amines) is 1. The van der Waals surface area contributed by atoms with Crippen molar-refractivity contribution >= 4 is 52.2 Å². The molecule has 4 aromatic rings. The van der Waals surface area contributed by atoms with Gasteiger partial charge in [0.15, 0.2) is 5.78 Å². The molecule has 5 rings (SSSR count). The zero-order valence-corrected chi connectivity index (χ0v) is 22.6. The molecule has 1 saturated heterocycles. The molecule has 1 amide bonds. The van der Waals surface area contributed by atoms with Crippen LogP contribution in [0.2, 0.25) is 10.0 Å². The van der Waals surface area contributed by atoms with Crippen molar-refractivity contribution in [3.05, 3.63) is 128 Å². The third-order valence-electron chi connectivity index (χ3n) is 7.26. The maximum Gasteiger partial charge on any atom is 0.330 e. The van der Waals surface area contributed by atoms with Crippen LogP contribution in [0.15, 0.2) is 96.4 Å². The van der Waals surface area contributed by atoms with Crippen molar-refractivity contribution in [3.63, 3.8) is 0 Å². The molecule has 0 spiro atoms. The van der Waals surface area contributed by atoms with Crippen LogP contribution in [0, 0.1) is 5.92 Å². The Morgan fingerprint density at radius 1 is 0.816 bits per heavy atom. The predicted octanol–water partition coefficient (Wildman–Crippen LogP) is 7.38. The lowest BCUT2D eigenvalue weighted by molar-refractivity contribution is -0.148. The number of amides is 1. The van der Waals surface area contributed by atoms with Crippen LogP contribution in [0.3, 0.4) is 0 Å². The Morgan fingerprint density at radius 2 is 1.39 bits per heavy atom. The first-order valence-corrected chi connectivity index (χ1v) is 13.6. The monoisotopic (exact) mass is 563 g/mol. The minimum atomic E-state index is -1.78. The van der Waals surface area contributed by atoms with E-state index in [2.05, 4.69) is 0 Å². The van der Waals surface area contributed by atoms with Crippen LogP contribution in [-0.4, -0.2) is 33.2 Å². The average molecular weight is 564 g/mol. The SMILES string of the molecule is CC1(C(=O)O)C(c2ccc(Cl)cc2)C(C(=O)c2cccs2)C(c2ccc(Cl)cc2)N1C(=O)c1ccccc1. The summed E-state index contributed by atoms with van der Waals surface area (Å²) in [4.78, 5) is 43.6. The molecule has 1 aliphatic heterocycles. The van der Waals surface area contributed by atoms with E-state index >= 15 is 0 Å². The van der Waals surface area contributed by atoms with Gasteiger partial charge in [-0.15, -0.1) is 11.3 Å². The molecule has 0 saturated carbocycles. The number of rotatable bonds is 6. The highest BCUT2D eigenvalue weighted by Crippen LogP contribution is 2.57. The van der Waals surface area contributed by atoms with Crippen LogP contribution >= 0.6 is 34.5 Å². The van der Waals surface area contributed by atoms with Crippen LogP contribution in [0.1, 0.15) is 50.0 Å². The lowest BCUT2D eigenvalue weighted by Crippen LogP contribution is -2.54. The summed E-state index contributed by atoms with van der Waals surface area (Å²) in [5.74, 6) is -3.68. The maximum absolute atomic E-state index is 14.3. The topological polar surface area (TPSA) is 74.7 Å². The van der Waals surface area contributed by atoms with Gasteiger partial charge in [0.25, 0.3) is 5.91 Å². The summed E-state index contributed by atoms with van der Waals surface area (Å²) >= 11 is 13.6. The van der Waals surface area contributed by atoms with E-state index < -0.39 is 35.3 Å². The highest BCUT2D eigenvalue weighted by atomic mass is 35.5. The average Bonchev–Trinajstić information content (AvgIpc) is 3.55. The number of carboxylic acids is 1. The molecule has 0 radical (unpaired) electrons. The van der Waals surface area contributed by atoms with Gasteiger partial charge in [0, 0.05) is 21.5 Å². The van der Waals surface area contributed by atoms with Gasteiger partial charge in [0.1, 0.15) is 5.54 Å². The number of hydrogen-bond donors (Lipinski definition) is 1. The van der Waals surface area contributed by atoms with Gasteiger partial charge in [-0.1, -0.05) is 71.7 Å².